The molecule has 3 nitrogen and oxygen atoms in total. The molecular formula is C19H27NO2SSi. The second kappa shape index (κ2) is 6.37. The quantitative estimate of drug-likeness (QED) is 0.668. The third kappa shape index (κ3) is 3.90. The van der Waals surface area contributed by atoms with Crippen molar-refractivity contribution in [3.05, 3.63) is 35.7 Å². The standard InChI is InChI=1S/C19H27NO2SSi/c1-13(2)14-12-15(16-10-9-11-23-16)20(17(14)24(6,7)8)18(21)22-19(3,4)5/h9-12H,1H2,2-8H3. The van der Waals surface area contributed by atoms with E-state index in [9.17, 15) is 4.79 Å². The van der Waals surface area contributed by atoms with E-state index < -0.39 is 13.7 Å². The van der Waals surface area contributed by atoms with Crippen molar-refractivity contribution in [1.82, 2.24) is 4.57 Å². The second-order valence-corrected chi connectivity index (χ2v) is 14.0. The van der Waals surface area contributed by atoms with Crippen molar-refractivity contribution >= 4 is 36.4 Å². The first-order chi connectivity index (χ1) is 10.9. The van der Waals surface area contributed by atoms with Crippen LogP contribution >= 0.6 is 11.3 Å². The van der Waals surface area contributed by atoms with Crippen LogP contribution < -0.4 is 5.32 Å². The highest BCUT2D eigenvalue weighted by molar-refractivity contribution is 7.13. The molecule has 130 valence electrons. The van der Waals surface area contributed by atoms with Gasteiger partial charge in [-0.15, -0.1) is 11.3 Å². The lowest BCUT2D eigenvalue weighted by Crippen LogP contribution is -2.47. The Hall–Kier alpha value is -1.59. The summed E-state index contributed by atoms with van der Waals surface area (Å²) in [6, 6.07) is 6.13. The van der Waals surface area contributed by atoms with Gasteiger partial charge in [-0.25, -0.2) is 4.79 Å². The number of hydrogen-bond acceptors (Lipinski definition) is 3. The highest BCUT2D eigenvalue weighted by Crippen LogP contribution is 2.30. The highest BCUT2D eigenvalue weighted by Gasteiger charge is 2.32. The van der Waals surface area contributed by atoms with E-state index >= 15 is 0 Å². The van der Waals surface area contributed by atoms with Crippen LogP contribution in [-0.2, 0) is 4.74 Å². The molecule has 0 saturated heterocycles. The summed E-state index contributed by atoms with van der Waals surface area (Å²) < 4.78 is 7.50. The number of ether oxygens (including phenoxy) is 1. The highest BCUT2D eigenvalue weighted by atomic mass is 32.1. The molecule has 0 aromatic carbocycles. The minimum Gasteiger partial charge on any atom is -0.443 e. The maximum atomic E-state index is 13.0. The zero-order valence-electron chi connectivity index (χ0n) is 15.7. The third-order valence-electron chi connectivity index (χ3n) is 3.52. The van der Waals surface area contributed by atoms with E-state index in [0.717, 1.165) is 27.0 Å². The lowest BCUT2D eigenvalue weighted by molar-refractivity contribution is 0.0545. The normalized spacial score (nSPS) is 12.3. The van der Waals surface area contributed by atoms with Crippen LogP contribution in [0.25, 0.3) is 16.1 Å². The van der Waals surface area contributed by atoms with Gasteiger partial charge in [-0.05, 0) is 56.3 Å². The van der Waals surface area contributed by atoms with Crippen LogP contribution in [0.1, 0.15) is 33.3 Å². The number of nitrogens with zero attached hydrogens (tertiary/aromatic N) is 1. The summed E-state index contributed by atoms with van der Waals surface area (Å²) in [4.78, 5) is 14.1. The van der Waals surface area contributed by atoms with Crippen LogP contribution in [0.5, 0.6) is 0 Å². The van der Waals surface area contributed by atoms with Gasteiger partial charge in [0.1, 0.15) is 13.7 Å². The Labute approximate surface area is 150 Å². The van der Waals surface area contributed by atoms with Gasteiger partial charge in [0.2, 0.25) is 0 Å². The number of allylic oxidation sites excluding steroid dienone is 1. The Kier molecular flexibility index (Phi) is 4.98. The van der Waals surface area contributed by atoms with Crippen molar-refractivity contribution in [2.24, 2.45) is 0 Å². The van der Waals surface area contributed by atoms with Gasteiger partial charge in [0, 0.05) is 5.32 Å². The fourth-order valence-electron chi connectivity index (χ4n) is 2.68. The maximum absolute atomic E-state index is 13.0. The Bertz CT molecular complexity index is 759. The van der Waals surface area contributed by atoms with Crippen molar-refractivity contribution in [2.45, 2.75) is 52.9 Å². The first kappa shape index (κ1) is 18.7. The molecule has 0 saturated carbocycles. The van der Waals surface area contributed by atoms with Gasteiger partial charge in [0.25, 0.3) is 0 Å². The molecule has 0 aliphatic carbocycles. The molecule has 2 rings (SSSR count). The first-order valence-corrected chi connectivity index (χ1v) is 12.5. The van der Waals surface area contributed by atoms with Crippen LogP contribution in [0.4, 0.5) is 4.79 Å². The summed E-state index contributed by atoms with van der Waals surface area (Å²) in [5.74, 6) is 0. The number of hydrogen-bond donors (Lipinski definition) is 0. The minimum absolute atomic E-state index is 0.309. The van der Waals surface area contributed by atoms with Crippen LogP contribution in [0.3, 0.4) is 0 Å². The topological polar surface area (TPSA) is 31.2 Å². The van der Waals surface area contributed by atoms with Crippen molar-refractivity contribution in [3.63, 3.8) is 0 Å². The molecule has 0 aliphatic heterocycles. The molecular weight excluding hydrogens is 334 g/mol. The monoisotopic (exact) mass is 361 g/mol. The third-order valence-corrected chi connectivity index (χ3v) is 6.33. The first-order valence-electron chi connectivity index (χ1n) is 8.11. The zero-order valence-corrected chi connectivity index (χ0v) is 17.5. The average Bonchev–Trinajstić information content (AvgIpc) is 3.02. The molecule has 0 amide bonds. The predicted octanol–water partition coefficient (Wildman–Crippen LogP) is 5.58. The van der Waals surface area contributed by atoms with E-state index in [-0.39, 0.29) is 6.09 Å². The van der Waals surface area contributed by atoms with Crippen LogP contribution in [0, 0.1) is 0 Å². The van der Waals surface area contributed by atoms with E-state index in [1.807, 2.05) is 45.2 Å². The van der Waals surface area contributed by atoms with Gasteiger partial charge in [-0.2, -0.15) is 0 Å². The van der Waals surface area contributed by atoms with Gasteiger partial charge in [-0.3, -0.25) is 4.57 Å². The van der Waals surface area contributed by atoms with Gasteiger partial charge < -0.3 is 4.74 Å². The molecule has 0 atom stereocenters. The molecule has 0 N–H and O–H groups in total. The summed E-state index contributed by atoms with van der Waals surface area (Å²) in [5, 5.41) is 3.10. The summed E-state index contributed by atoms with van der Waals surface area (Å²) >= 11 is 1.63. The fourth-order valence-corrected chi connectivity index (χ4v) is 5.39. The number of aromatic nitrogens is 1. The number of carbonyl (C=O) groups excluding carboxylic acids is 1. The van der Waals surface area contributed by atoms with E-state index in [1.165, 1.54) is 0 Å². The van der Waals surface area contributed by atoms with Crippen LogP contribution in [-0.4, -0.2) is 24.3 Å². The van der Waals surface area contributed by atoms with Gasteiger partial charge >= 0.3 is 6.09 Å². The predicted molar refractivity (Wildman–Crippen MR) is 107 cm³/mol. The molecule has 2 heterocycles. The molecule has 0 aliphatic rings. The smallest absolute Gasteiger partial charge is 0.418 e. The fraction of sp³-hybridized carbons (Fsp3) is 0.421. The van der Waals surface area contributed by atoms with Gasteiger partial charge in [0.05, 0.1) is 10.6 Å². The molecule has 0 fully saturated rings. The van der Waals surface area contributed by atoms with Crippen LogP contribution in [0.15, 0.2) is 30.2 Å². The number of carbonyl (C=O) groups is 1. The number of rotatable bonds is 3. The molecule has 2 aromatic heterocycles. The zero-order chi connectivity index (χ0) is 18.3. The van der Waals surface area contributed by atoms with E-state index in [0.29, 0.717) is 0 Å². The molecule has 0 unspecified atom stereocenters. The summed E-state index contributed by atoms with van der Waals surface area (Å²) in [6.07, 6.45) is -0.309. The van der Waals surface area contributed by atoms with Crippen LogP contribution in [0.2, 0.25) is 19.6 Å². The Balaban J connectivity index is 2.77. The molecule has 5 heteroatoms. The van der Waals surface area contributed by atoms with Crippen molar-refractivity contribution in [3.8, 4) is 10.6 Å². The molecule has 0 spiro atoms. The van der Waals surface area contributed by atoms with Gasteiger partial charge in [0.15, 0.2) is 0 Å². The van der Waals surface area contributed by atoms with Crippen molar-refractivity contribution in [2.75, 3.05) is 0 Å². The SMILES string of the molecule is C=C(C)c1cc(-c2cccs2)n(C(=O)OC(C)(C)C)c1[Si](C)(C)C. The van der Waals surface area contributed by atoms with E-state index in [1.54, 1.807) is 15.9 Å². The molecule has 0 radical (unpaired) electrons. The Morgan fingerprint density at radius 2 is 1.92 bits per heavy atom. The molecule has 2 aromatic rings. The molecule has 24 heavy (non-hydrogen) atoms. The number of thiophene rings is 1. The largest absolute Gasteiger partial charge is 0.443 e. The summed E-state index contributed by atoms with van der Waals surface area (Å²) in [5.41, 5.74) is 2.42. The van der Waals surface area contributed by atoms with Gasteiger partial charge in [-0.1, -0.05) is 32.3 Å². The van der Waals surface area contributed by atoms with E-state index in [4.69, 9.17) is 4.74 Å². The summed E-state index contributed by atoms with van der Waals surface area (Å²) in [6.45, 7) is 18.5. The Morgan fingerprint density at radius 1 is 1.29 bits per heavy atom. The lowest BCUT2D eigenvalue weighted by Gasteiger charge is -2.25. The maximum Gasteiger partial charge on any atom is 0.418 e. The van der Waals surface area contributed by atoms with Crippen molar-refractivity contribution < 1.29 is 9.53 Å². The van der Waals surface area contributed by atoms with Crippen molar-refractivity contribution in [1.29, 1.82) is 0 Å². The minimum atomic E-state index is -1.81. The average molecular weight is 362 g/mol. The lowest BCUT2D eigenvalue weighted by atomic mass is 10.2. The molecule has 0 bridgehead atoms. The second-order valence-electron chi connectivity index (χ2n) is 8.12. The summed E-state index contributed by atoms with van der Waals surface area (Å²) in [7, 11) is -1.81. The van der Waals surface area contributed by atoms with E-state index in [2.05, 4.69) is 32.3 Å². The Morgan fingerprint density at radius 3 is 2.33 bits per heavy atom.